The van der Waals surface area contributed by atoms with Crippen LogP contribution >= 0.6 is 24.2 Å². The molecule has 0 saturated carbocycles. The number of carbonyl (C=O) groups excluding carboxylic acids is 1. The third kappa shape index (κ3) is 4.69. The maximum atomic E-state index is 12.2. The lowest BCUT2D eigenvalue weighted by Gasteiger charge is -2.21. The van der Waals surface area contributed by atoms with E-state index in [-0.39, 0.29) is 18.3 Å². The zero-order chi connectivity index (χ0) is 13.7. The first-order valence-electron chi connectivity index (χ1n) is 6.88. The smallest absolute Gasteiger partial charge is 0.223 e. The van der Waals surface area contributed by atoms with Gasteiger partial charge in [0.25, 0.3) is 0 Å². The van der Waals surface area contributed by atoms with E-state index in [1.165, 1.54) is 4.90 Å². The maximum absolute atomic E-state index is 12.2. The number of hydrogen-bond acceptors (Lipinski definition) is 3. The molecule has 1 aliphatic rings. The first kappa shape index (κ1) is 17.3. The van der Waals surface area contributed by atoms with Crippen LogP contribution in [0.4, 0.5) is 0 Å². The molecule has 0 radical (unpaired) electrons. The van der Waals surface area contributed by atoms with E-state index in [4.69, 9.17) is 5.73 Å². The fourth-order valence-electron chi connectivity index (χ4n) is 2.58. The number of nitrogens with zero attached hydrogens (tertiary/aromatic N) is 1. The fraction of sp³-hybridized carbons (Fsp3) is 0.533. The molecule has 20 heavy (non-hydrogen) atoms. The van der Waals surface area contributed by atoms with E-state index in [0.29, 0.717) is 24.9 Å². The number of nitrogens with two attached hydrogens (primary N) is 1. The Hall–Kier alpha value is -0.710. The summed E-state index contributed by atoms with van der Waals surface area (Å²) in [6.45, 7) is 3.65. The standard InChI is InChI=1S/C15H22N2OS.ClH/c1-12-9-13(10-16)11-17(12)15(18)7-8-19-14-5-3-2-4-6-14;/h2-6,12-13H,7-11,16H2,1H3;1H. The van der Waals surface area contributed by atoms with Crippen LogP contribution in [0.5, 0.6) is 0 Å². The minimum absolute atomic E-state index is 0. The van der Waals surface area contributed by atoms with Gasteiger partial charge in [-0.25, -0.2) is 0 Å². The summed E-state index contributed by atoms with van der Waals surface area (Å²) in [5.41, 5.74) is 5.69. The number of likely N-dealkylation sites (tertiary alicyclic amines) is 1. The van der Waals surface area contributed by atoms with Crippen molar-refractivity contribution >= 4 is 30.1 Å². The molecule has 2 rings (SSSR count). The van der Waals surface area contributed by atoms with Gasteiger partial charge in [-0.05, 0) is 37.9 Å². The van der Waals surface area contributed by atoms with Gasteiger partial charge in [0.15, 0.2) is 0 Å². The van der Waals surface area contributed by atoms with Gasteiger partial charge in [-0.2, -0.15) is 0 Å². The van der Waals surface area contributed by atoms with Crippen LogP contribution in [-0.2, 0) is 4.79 Å². The molecule has 1 aliphatic heterocycles. The van der Waals surface area contributed by atoms with Crippen molar-refractivity contribution in [2.24, 2.45) is 11.7 Å². The fourth-order valence-corrected chi connectivity index (χ4v) is 3.44. The monoisotopic (exact) mass is 314 g/mol. The summed E-state index contributed by atoms with van der Waals surface area (Å²) in [7, 11) is 0. The average molecular weight is 315 g/mol. The van der Waals surface area contributed by atoms with E-state index in [2.05, 4.69) is 19.1 Å². The van der Waals surface area contributed by atoms with Crippen molar-refractivity contribution in [1.29, 1.82) is 0 Å². The van der Waals surface area contributed by atoms with Crippen molar-refractivity contribution < 1.29 is 4.79 Å². The molecule has 0 spiro atoms. The Kier molecular flexibility index (Phi) is 7.41. The van der Waals surface area contributed by atoms with Crippen molar-refractivity contribution in [3.63, 3.8) is 0 Å². The molecule has 0 aromatic heterocycles. The quantitative estimate of drug-likeness (QED) is 0.850. The Bertz CT molecular complexity index is 416. The summed E-state index contributed by atoms with van der Waals surface area (Å²) >= 11 is 1.74. The summed E-state index contributed by atoms with van der Waals surface area (Å²) in [6.07, 6.45) is 1.66. The molecule has 2 atom stereocenters. The summed E-state index contributed by atoms with van der Waals surface area (Å²) in [4.78, 5) is 15.4. The van der Waals surface area contributed by atoms with Crippen molar-refractivity contribution in [2.45, 2.75) is 30.7 Å². The van der Waals surface area contributed by atoms with E-state index in [1.807, 2.05) is 23.1 Å². The molecule has 1 aromatic carbocycles. The molecule has 5 heteroatoms. The molecule has 0 bridgehead atoms. The molecule has 1 saturated heterocycles. The summed E-state index contributed by atoms with van der Waals surface area (Å²) in [5, 5.41) is 0. The molecular formula is C15H23ClN2OS. The SMILES string of the molecule is CC1CC(CN)CN1C(=O)CCSc1ccccc1.Cl. The molecule has 1 fully saturated rings. The second kappa shape index (κ2) is 8.55. The zero-order valence-electron chi connectivity index (χ0n) is 11.8. The van der Waals surface area contributed by atoms with E-state index < -0.39 is 0 Å². The van der Waals surface area contributed by atoms with Crippen LogP contribution in [0, 0.1) is 5.92 Å². The zero-order valence-corrected chi connectivity index (χ0v) is 13.5. The van der Waals surface area contributed by atoms with Crippen molar-refractivity contribution in [3.8, 4) is 0 Å². The first-order valence-corrected chi connectivity index (χ1v) is 7.86. The molecule has 2 N–H and O–H groups in total. The number of amides is 1. The molecule has 1 aromatic rings. The van der Waals surface area contributed by atoms with Crippen LogP contribution in [-0.4, -0.2) is 35.7 Å². The molecule has 3 nitrogen and oxygen atoms in total. The highest BCUT2D eigenvalue weighted by atomic mass is 35.5. The summed E-state index contributed by atoms with van der Waals surface area (Å²) in [5.74, 6) is 1.60. The topological polar surface area (TPSA) is 46.3 Å². The normalized spacial score (nSPS) is 21.6. The van der Waals surface area contributed by atoms with Gasteiger partial charge in [-0.1, -0.05) is 18.2 Å². The van der Waals surface area contributed by atoms with Crippen molar-refractivity contribution in [1.82, 2.24) is 4.90 Å². The van der Waals surface area contributed by atoms with E-state index in [9.17, 15) is 4.79 Å². The lowest BCUT2D eigenvalue weighted by atomic mass is 10.1. The molecule has 112 valence electrons. The Balaban J connectivity index is 0.00000200. The molecule has 1 amide bonds. The minimum atomic E-state index is 0. The first-order chi connectivity index (χ1) is 9.20. The molecule has 1 heterocycles. The lowest BCUT2D eigenvalue weighted by Crippen LogP contribution is -2.34. The third-order valence-electron chi connectivity index (χ3n) is 3.64. The number of halogens is 1. The number of thioether (sulfide) groups is 1. The molecule has 0 aliphatic carbocycles. The molecular weight excluding hydrogens is 292 g/mol. The van der Waals surface area contributed by atoms with Gasteiger partial charge in [0.2, 0.25) is 5.91 Å². The predicted molar refractivity (Wildman–Crippen MR) is 87.4 cm³/mol. The van der Waals surface area contributed by atoms with Crippen LogP contribution in [0.25, 0.3) is 0 Å². The summed E-state index contributed by atoms with van der Waals surface area (Å²) in [6, 6.07) is 10.6. The number of hydrogen-bond donors (Lipinski definition) is 1. The Morgan fingerprint density at radius 1 is 1.40 bits per heavy atom. The van der Waals surface area contributed by atoms with Crippen LogP contribution in [0.2, 0.25) is 0 Å². The lowest BCUT2D eigenvalue weighted by molar-refractivity contribution is -0.131. The van der Waals surface area contributed by atoms with Gasteiger partial charge < -0.3 is 10.6 Å². The number of carbonyl (C=O) groups is 1. The van der Waals surface area contributed by atoms with Crippen molar-refractivity contribution in [2.75, 3.05) is 18.8 Å². The number of benzene rings is 1. The minimum Gasteiger partial charge on any atom is -0.340 e. The van der Waals surface area contributed by atoms with Gasteiger partial charge in [-0.15, -0.1) is 24.2 Å². The highest BCUT2D eigenvalue weighted by Gasteiger charge is 2.30. The van der Waals surface area contributed by atoms with Gasteiger partial charge in [-0.3, -0.25) is 4.79 Å². The number of rotatable bonds is 5. The highest BCUT2D eigenvalue weighted by Crippen LogP contribution is 2.24. The second-order valence-corrected chi connectivity index (χ2v) is 6.31. The van der Waals surface area contributed by atoms with E-state index in [0.717, 1.165) is 18.7 Å². The average Bonchev–Trinajstić information content (AvgIpc) is 2.81. The van der Waals surface area contributed by atoms with Gasteiger partial charge >= 0.3 is 0 Å². The Morgan fingerprint density at radius 3 is 2.70 bits per heavy atom. The third-order valence-corrected chi connectivity index (χ3v) is 4.66. The maximum Gasteiger partial charge on any atom is 0.223 e. The van der Waals surface area contributed by atoms with Crippen LogP contribution < -0.4 is 5.73 Å². The van der Waals surface area contributed by atoms with Gasteiger partial charge in [0, 0.05) is 29.7 Å². The largest absolute Gasteiger partial charge is 0.340 e. The Morgan fingerprint density at radius 2 is 2.10 bits per heavy atom. The highest BCUT2D eigenvalue weighted by molar-refractivity contribution is 7.99. The van der Waals surface area contributed by atoms with Gasteiger partial charge in [0.05, 0.1) is 0 Å². The van der Waals surface area contributed by atoms with Crippen molar-refractivity contribution in [3.05, 3.63) is 30.3 Å². The van der Waals surface area contributed by atoms with Gasteiger partial charge in [0.1, 0.15) is 0 Å². The predicted octanol–water partition coefficient (Wildman–Crippen LogP) is 2.79. The van der Waals surface area contributed by atoms with E-state index in [1.54, 1.807) is 11.8 Å². The van der Waals surface area contributed by atoms with Crippen LogP contribution in [0.15, 0.2) is 35.2 Å². The Labute approximate surface area is 131 Å². The second-order valence-electron chi connectivity index (χ2n) is 5.14. The molecule has 2 unspecified atom stereocenters. The van der Waals surface area contributed by atoms with E-state index >= 15 is 0 Å². The van der Waals surface area contributed by atoms with Crippen LogP contribution in [0.1, 0.15) is 19.8 Å². The summed E-state index contributed by atoms with van der Waals surface area (Å²) < 4.78 is 0. The van der Waals surface area contributed by atoms with Crippen LogP contribution in [0.3, 0.4) is 0 Å².